The summed E-state index contributed by atoms with van der Waals surface area (Å²) in [5.41, 5.74) is 3.00. The highest BCUT2D eigenvalue weighted by Crippen LogP contribution is 2.19. The predicted octanol–water partition coefficient (Wildman–Crippen LogP) is 4.94. The molecule has 1 heteroatoms. The molecule has 0 aliphatic heterocycles. The van der Waals surface area contributed by atoms with Gasteiger partial charge in [-0.1, -0.05) is 81.4 Å². The monoisotopic (exact) mass is 280 g/mol. The van der Waals surface area contributed by atoms with Gasteiger partial charge in [-0.15, -0.1) is 0 Å². The van der Waals surface area contributed by atoms with E-state index in [4.69, 9.17) is 0 Å². The lowest BCUT2D eigenvalue weighted by Gasteiger charge is -2.26. The molecule has 0 heterocycles. The summed E-state index contributed by atoms with van der Waals surface area (Å²) in [6, 6.07) is 21.4. The highest BCUT2D eigenvalue weighted by atomic mass is 15.1. The third-order valence-electron chi connectivity index (χ3n) is 3.46. The second-order valence-corrected chi connectivity index (χ2v) is 6.71. The lowest BCUT2D eigenvalue weighted by Crippen LogP contribution is -2.27. The van der Waals surface area contributed by atoms with Crippen molar-refractivity contribution in [1.82, 2.24) is 4.90 Å². The van der Waals surface area contributed by atoms with Crippen molar-refractivity contribution >= 4 is 0 Å². The van der Waals surface area contributed by atoms with Crippen molar-refractivity contribution < 1.29 is 0 Å². The van der Waals surface area contributed by atoms with E-state index in [1.54, 1.807) is 0 Å². The molecule has 0 saturated heterocycles. The van der Waals surface area contributed by atoms with E-state index in [0.717, 1.165) is 19.6 Å². The quantitative estimate of drug-likeness (QED) is 0.724. The lowest BCUT2D eigenvalue weighted by atomic mass is 9.92. The fraction of sp³-hybridized carbons (Fsp3) is 0.350. The highest BCUT2D eigenvalue weighted by molar-refractivity contribution is 5.17. The third kappa shape index (κ3) is 6.14. The molecular formula is C20H26N. The Labute approximate surface area is 129 Å². The zero-order valence-corrected chi connectivity index (χ0v) is 13.4. The molecule has 0 bridgehead atoms. The Balaban J connectivity index is 2.03. The molecule has 0 spiro atoms. The minimum atomic E-state index is 0.256. The molecule has 2 aromatic rings. The Kier molecular flexibility index (Phi) is 5.58. The van der Waals surface area contributed by atoms with Crippen molar-refractivity contribution in [3.05, 3.63) is 78.2 Å². The van der Waals surface area contributed by atoms with Crippen LogP contribution in [0.3, 0.4) is 0 Å². The van der Waals surface area contributed by atoms with Crippen molar-refractivity contribution in [2.24, 2.45) is 5.41 Å². The summed E-state index contributed by atoms with van der Waals surface area (Å²) in [7, 11) is 0. The van der Waals surface area contributed by atoms with Crippen LogP contribution in [-0.2, 0) is 13.1 Å². The average Bonchev–Trinajstić information content (AvgIpc) is 2.46. The number of nitrogens with zero attached hydrogens (tertiary/aromatic N) is 1. The summed E-state index contributed by atoms with van der Waals surface area (Å²) in [4.78, 5) is 2.50. The van der Waals surface area contributed by atoms with Gasteiger partial charge in [0.15, 0.2) is 0 Å². The van der Waals surface area contributed by atoms with Crippen LogP contribution in [0, 0.1) is 11.8 Å². The zero-order chi connectivity index (χ0) is 15.1. The van der Waals surface area contributed by atoms with E-state index in [-0.39, 0.29) is 5.41 Å². The van der Waals surface area contributed by atoms with E-state index < -0.39 is 0 Å². The summed E-state index contributed by atoms with van der Waals surface area (Å²) in [6.45, 7) is 9.76. The first-order valence-corrected chi connectivity index (χ1v) is 7.67. The normalized spacial score (nSPS) is 11.8. The van der Waals surface area contributed by atoms with Crippen LogP contribution in [-0.4, -0.2) is 11.4 Å². The molecule has 0 amide bonds. The molecule has 1 radical (unpaired) electrons. The van der Waals surface area contributed by atoms with Gasteiger partial charge < -0.3 is 0 Å². The summed E-state index contributed by atoms with van der Waals surface area (Å²) in [5, 5.41) is 0. The van der Waals surface area contributed by atoms with Crippen LogP contribution in [0.5, 0.6) is 0 Å². The largest absolute Gasteiger partial charge is 0.295 e. The smallest absolute Gasteiger partial charge is 0.0237 e. The van der Waals surface area contributed by atoms with Gasteiger partial charge in [-0.2, -0.15) is 0 Å². The summed E-state index contributed by atoms with van der Waals surface area (Å²) < 4.78 is 0. The molecule has 0 saturated carbocycles. The SMILES string of the molecule is CC(C)(C)[CH]CN(Cc1ccccc1)Cc1ccccc1. The van der Waals surface area contributed by atoms with Crippen LogP contribution in [0.1, 0.15) is 31.9 Å². The summed E-state index contributed by atoms with van der Waals surface area (Å²) in [6.07, 6.45) is 2.40. The van der Waals surface area contributed by atoms with Crippen LogP contribution in [0.4, 0.5) is 0 Å². The first-order valence-electron chi connectivity index (χ1n) is 7.67. The molecule has 21 heavy (non-hydrogen) atoms. The van der Waals surface area contributed by atoms with E-state index in [0.29, 0.717) is 0 Å². The van der Waals surface area contributed by atoms with Gasteiger partial charge in [-0.3, -0.25) is 4.90 Å². The van der Waals surface area contributed by atoms with Gasteiger partial charge in [0.25, 0.3) is 0 Å². The molecule has 1 nitrogen and oxygen atoms in total. The van der Waals surface area contributed by atoms with Gasteiger partial charge >= 0.3 is 0 Å². The fourth-order valence-corrected chi connectivity index (χ4v) is 2.27. The second kappa shape index (κ2) is 7.42. The number of benzene rings is 2. The third-order valence-corrected chi connectivity index (χ3v) is 3.46. The zero-order valence-electron chi connectivity index (χ0n) is 13.4. The Hall–Kier alpha value is -1.60. The Morgan fingerprint density at radius 3 is 1.57 bits per heavy atom. The Bertz CT molecular complexity index is 469. The predicted molar refractivity (Wildman–Crippen MR) is 90.8 cm³/mol. The minimum absolute atomic E-state index is 0.256. The van der Waals surface area contributed by atoms with Crippen LogP contribution in [0.25, 0.3) is 0 Å². The van der Waals surface area contributed by atoms with Crippen LogP contribution < -0.4 is 0 Å². The van der Waals surface area contributed by atoms with Gasteiger partial charge in [-0.25, -0.2) is 0 Å². The van der Waals surface area contributed by atoms with Crippen LogP contribution >= 0.6 is 0 Å². The van der Waals surface area contributed by atoms with E-state index in [1.807, 2.05) is 0 Å². The first-order chi connectivity index (χ1) is 10.0. The number of hydrogen-bond acceptors (Lipinski definition) is 1. The molecule has 111 valence electrons. The molecular weight excluding hydrogens is 254 g/mol. The van der Waals surface area contributed by atoms with Crippen LogP contribution in [0.15, 0.2) is 60.7 Å². The van der Waals surface area contributed by atoms with Crippen molar-refractivity contribution in [1.29, 1.82) is 0 Å². The molecule has 0 fully saturated rings. The maximum absolute atomic E-state index is 2.50. The van der Waals surface area contributed by atoms with Gasteiger partial charge in [0.1, 0.15) is 0 Å². The Morgan fingerprint density at radius 2 is 1.19 bits per heavy atom. The topological polar surface area (TPSA) is 3.24 Å². The van der Waals surface area contributed by atoms with Gasteiger partial charge in [-0.05, 0) is 23.0 Å². The van der Waals surface area contributed by atoms with Crippen molar-refractivity contribution in [2.45, 2.75) is 33.9 Å². The standard InChI is InChI=1S/C20H26N/c1-20(2,3)14-15-21(16-18-10-6-4-7-11-18)17-19-12-8-5-9-13-19/h4-14H,15-17H2,1-3H3. The van der Waals surface area contributed by atoms with Crippen molar-refractivity contribution in [3.63, 3.8) is 0 Å². The van der Waals surface area contributed by atoms with E-state index in [2.05, 4.69) is 92.8 Å². The fourth-order valence-electron chi connectivity index (χ4n) is 2.27. The molecule has 0 aromatic heterocycles. The average molecular weight is 280 g/mol. The van der Waals surface area contributed by atoms with Gasteiger partial charge in [0.2, 0.25) is 0 Å². The van der Waals surface area contributed by atoms with E-state index >= 15 is 0 Å². The molecule has 0 unspecified atom stereocenters. The minimum Gasteiger partial charge on any atom is -0.295 e. The molecule has 0 aliphatic rings. The summed E-state index contributed by atoms with van der Waals surface area (Å²) in [5.74, 6) is 0. The highest BCUT2D eigenvalue weighted by Gasteiger charge is 2.14. The van der Waals surface area contributed by atoms with E-state index in [1.165, 1.54) is 11.1 Å². The second-order valence-electron chi connectivity index (χ2n) is 6.71. The molecule has 0 N–H and O–H groups in total. The molecule has 0 aliphatic carbocycles. The van der Waals surface area contributed by atoms with Crippen LogP contribution in [0.2, 0.25) is 0 Å². The van der Waals surface area contributed by atoms with Gasteiger partial charge in [0.05, 0.1) is 0 Å². The maximum Gasteiger partial charge on any atom is 0.0237 e. The number of hydrogen-bond donors (Lipinski definition) is 0. The Morgan fingerprint density at radius 1 is 0.762 bits per heavy atom. The molecule has 2 aromatic carbocycles. The van der Waals surface area contributed by atoms with Crippen molar-refractivity contribution in [2.75, 3.05) is 6.54 Å². The van der Waals surface area contributed by atoms with Crippen molar-refractivity contribution in [3.8, 4) is 0 Å². The van der Waals surface area contributed by atoms with Gasteiger partial charge in [0, 0.05) is 19.6 Å². The molecule has 2 rings (SSSR count). The summed E-state index contributed by atoms with van der Waals surface area (Å²) >= 11 is 0. The van der Waals surface area contributed by atoms with E-state index in [9.17, 15) is 0 Å². The maximum atomic E-state index is 2.50. The number of rotatable bonds is 6. The first kappa shape index (κ1) is 15.8. The lowest BCUT2D eigenvalue weighted by molar-refractivity contribution is 0.257. The molecule has 0 atom stereocenters.